The number of rotatable bonds is 3. The Balaban J connectivity index is 3.06. The van der Waals surface area contributed by atoms with E-state index in [0.717, 1.165) is 14.2 Å². The maximum atomic E-state index is 11.2. The van der Waals surface area contributed by atoms with Crippen LogP contribution in [-0.2, 0) is 23.2 Å². The van der Waals surface area contributed by atoms with E-state index in [-0.39, 0.29) is 12.8 Å². The third-order valence-corrected chi connectivity index (χ3v) is 4.77. The minimum atomic E-state index is -4.83. The van der Waals surface area contributed by atoms with E-state index in [0.29, 0.717) is 0 Å². The maximum absolute atomic E-state index is 11.2. The Bertz CT molecular complexity index is 316. The summed E-state index contributed by atoms with van der Waals surface area (Å²) in [5, 5.41) is 11.1. The monoisotopic (exact) mass is 255 g/mol. The molecule has 1 fully saturated rings. The fourth-order valence-electron chi connectivity index (χ4n) is 1.27. The van der Waals surface area contributed by atoms with Gasteiger partial charge >= 0.3 is 91.0 Å². The number of carbonyl (C=O) groups is 2. The quantitative estimate of drug-likeness (QED) is 0.593. The van der Waals surface area contributed by atoms with Crippen LogP contribution in [0.15, 0.2) is 0 Å². The Morgan fingerprint density at radius 3 is 2.56 bits per heavy atom. The fourth-order valence-corrected chi connectivity index (χ4v) is 3.04. The van der Waals surface area contributed by atoms with Gasteiger partial charge in [0.2, 0.25) is 0 Å². The molecule has 1 heterocycles. The second-order valence-corrected chi connectivity index (χ2v) is 6.09. The number of hydrogen-bond acceptors (Lipinski definition) is 7. The Morgan fingerprint density at radius 1 is 1.56 bits per heavy atom. The zero-order valence-corrected chi connectivity index (χ0v) is 9.77. The van der Waals surface area contributed by atoms with Crippen LogP contribution in [0, 0.1) is 0 Å². The average Bonchev–Trinajstić information content (AvgIpc) is 2.37. The van der Waals surface area contributed by atoms with E-state index in [9.17, 15) is 14.5 Å². The van der Waals surface area contributed by atoms with Crippen molar-refractivity contribution >= 4 is 19.6 Å². The summed E-state index contributed by atoms with van der Waals surface area (Å²) in [6, 6.07) is -1.17. The molecule has 16 heavy (non-hydrogen) atoms. The first kappa shape index (κ1) is 13.3. The molecule has 0 spiro atoms. The van der Waals surface area contributed by atoms with Crippen molar-refractivity contribution in [2.45, 2.75) is 18.9 Å². The van der Waals surface area contributed by atoms with Gasteiger partial charge < -0.3 is 0 Å². The zero-order chi connectivity index (χ0) is 12.4. The Kier molecular flexibility index (Phi) is 3.51. The third kappa shape index (κ3) is 2.47. The van der Waals surface area contributed by atoms with E-state index in [2.05, 4.69) is 5.09 Å². The molecule has 0 aromatic carbocycles. The second-order valence-electron chi connectivity index (χ2n) is 3.23. The summed E-state index contributed by atoms with van der Waals surface area (Å²) in [6.45, 7) is 0. The molecular formula is C7H14NO7P. The molecule has 0 aromatic rings. The van der Waals surface area contributed by atoms with Crippen molar-refractivity contribution in [3.05, 3.63) is 0 Å². The van der Waals surface area contributed by atoms with E-state index in [1.165, 1.54) is 0 Å². The van der Waals surface area contributed by atoms with Gasteiger partial charge in [0.05, 0.1) is 0 Å². The first-order valence-corrected chi connectivity index (χ1v) is 6.41. The second kappa shape index (κ2) is 4.23. The topological polar surface area (TPSA) is 114 Å². The summed E-state index contributed by atoms with van der Waals surface area (Å²) in [7, 11) is -2.71. The van der Waals surface area contributed by atoms with Crippen LogP contribution in [0.3, 0.4) is 0 Å². The molecule has 0 saturated carbocycles. The van der Waals surface area contributed by atoms with E-state index >= 15 is 0 Å². The van der Waals surface area contributed by atoms with Crippen molar-refractivity contribution in [2.75, 3.05) is 14.2 Å². The van der Waals surface area contributed by atoms with E-state index in [1.54, 1.807) is 0 Å². The third-order valence-electron chi connectivity index (χ3n) is 2.21. The molecule has 0 amide bonds. The summed E-state index contributed by atoms with van der Waals surface area (Å²) in [5.74, 6) is -2.00. The molecule has 0 bridgehead atoms. The van der Waals surface area contributed by atoms with E-state index in [4.69, 9.17) is 18.7 Å². The van der Waals surface area contributed by atoms with Crippen molar-refractivity contribution in [1.82, 2.24) is 5.09 Å². The van der Waals surface area contributed by atoms with Crippen LogP contribution in [0.1, 0.15) is 12.8 Å². The molecule has 1 aliphatic heterocycles. The number of carboxylic acids is 1. The predicted octanol–water partition coefficient (Wildman–Crippen LogP) is -0.220. The molecule has 1 atom stereocenters. The average molecular weight is 255 g/mol. The van der Waals surface area contributed by atoms with Crippen molar-refractivity contribution in [3.63, 3.8) is 0 Å². The van der Waals surface area contributed by atoms with Gasteiger partial charge in [0.15, 0.2) is 0 Å². The first-order valence-electron chi connectivity index (χ1n) is 4.46. The summed E-state index contributed by atoms with van der Waals surface area (Å²) in [5.41, 5.74) is 0. The number of carbonyl (C=O) groups excluding carboxylic acids is 1. The molecule has 0 aromatic heterocycles. The molecular weight excluding hydrogens is 241 g/mol. The molecule has 3 N–H and O–H groups in total. The zero-order valence-electron chi connectivity index (χ0n) is 8.87. The Labute approximate surface area is 91.8 Å². The van der Waals surface area contributed by atoms with Gasteiger partial charge in [0.25, 0.3) is 0 Å². The van der Waals surface area contributed by atoms with Gasteiger partial charge in [-0.2, -0.15) is 0 Å². The summed E-state index contributed by atoms with van der Waals surface area (Å²) in [6.07, 6.45) is -0.158. The molecule has 0 unspecified atom stereocenters. The van der Waals surface area contributed by atoms with Crippen molar-refractivity contribution in [2.24, 2.45) is 0 Å². The van der Waals surface area contributed by atoms with Gasteiger partial charge in [-0.3, -0.25) is 0 Å². The van der Waals surface area contributed by atoms with Crippen LogP contribution in [0.2, 0.25) is 0 Å². The number of aliphatic carboxylic acids is 1. The summed E-state index contributed by atoms with van der Waals surface area (Å²) < 4.78 is 14.1. The van der Waals surface area contributed by atoms with E-state index in [1.807, 2.05) is 0 Å². The van der Waals surface area contributed by atoms with Crippen LogP contribution in [0.25, 0.3) is 0 Å². The molecule has 1 aliphatic rings. The van der Waals surface area contributed by atoms with Gasteiger partial charge in [-0.15, -0.1) is 0 Å². The van der Waals surface area contributed by atoms with E-state index < -0.39 is 25.6 Å². The van der Waals surface area contributed by atoms with Gasteiger partial charge in [-0.1, -0.05) is 0 Å². The van der Waals surface area contributed by atoms with Gasteiger partial charge in [0, 0.05) is 0 Å². The molecule has 94 valence electrons. The van der Waals surface area contributed by atoms with Crippen LogP contribution in [0.4, 0.5) is 0 Å². The first-order chi connectivity index (χ1) is 7.32. The Hall–Kier alpha value is -0.790. The molecule has 1 rings (SSSR count). The minimum absolute atomic E-state index is 0.0145. The van der Waals surface area contributed by atoms with Crippen molar-refractivity contribution in [3.8, 4) is 0 Å². The molecule has 8 nitrogen and oxygen atoms in total. The molecule has 0 aliphatic carbocycles. The normalized spacial score (nSPS) is 30.6. The predicted molar refractivity (Wildman–Crippen MR) is 53.0 cm³/mol. The molecule has 9 heteroatoms. The molecule has 1 saturated heterocycles. The number of hydrogen-bond donors (Lipinski definition) is 3. The van der Waals surface area contributed by atoms with Gasteiger partial charge in [-0.05, 0) is 0 Å². The van der Waals surface area contributed by atoms with Crippen LogP contribution in [0.5, 0.6) is 0 Å². The van der Waals surface area contributed by atoms with Gasteiger partial charge in [-0.25, -0.2) is 0 Å². The standard InChI is InChI=1S/C7H14NO7P/c1-13-16(12,14-2)8-5(7(10)11)3-4-6(9)15-16/h5,8,12H,3-4H2,1-2H3,(H,10,11)/t5-/m0/s1. The number of carboxylic acid groups (broad SMARTS) is 1. The summed E-state index contributed by atoms with van der Waals surface area (Å²) in [4.78, 5) is 32.2. The Morgan fingerprint density at radius 2 is 2.12 bits per heavy atom. The summed E-state index contributed by atoms with van der Waals surface area (Å²) >= 11 is 0. The van der Waals surface area contributed by atoms with Crippen molar-refractivity contribution in [1.29, 1.82) is 0 Å². The molecule has 0 radical (unpaired) electrons. The fraction of sp³-hybridized carbons (Fsp3) is 0.714. The van der Waals surface area contributed by atoms with Crippen LogP contribution >= 0.6 is 7.66 Å². The van der Waals surface area contributed by atoms with Crippen LogP contribution in [-0.4, -0.2) is 42.2 Å². The number of nitrogens with one attached hydrogen (secondary N) is 1. The van der Waals surface area contributed by atoms with Crippen LogP contribution < -0.4 is 5.09 Å². The van der Waals surface area contributed by atoms with Crippen molar-refractivity contribution < 1.29 is 33.2 Å². The van der Waals surface area contributed by atoms with Gasteiger partial charge in [0.1, 0.15) is 0 Å². The SMILES string of the molecule is COP1(O)(OC)N[C@H](C(=O)O)CCC(=O)O1.